The summed E-state index contributed by atoms with van der Waals surface area (Å²) in [5, 5.41) is 2.68. The minimum Gasteiger partial charge on any atom is -0.495 e. The molecule has 1 fully saturated rings. The second-order valence-electron chi connectivity index (χ2n) is 7.22. The quantitative estimate of drug-likeness (QED) is 0.694. The molecule has 1 saturated heterocycles. The molecule has 0 aliphatic carbocycles. The molecule has 2 aliphatic heterocycles. The van der Waals surface area contributed by atoms with Crippen LogP contribution in [0.2, 0.25) is 0 Å². The first-order valence-corrected chi connectivity index (χ1v) is 11.2. The van der Waals surface area contributed by atoms with Crippen LogP contribution in [0.4, 0.5) is 5.69 Å². The first kappa shape index (κ1) is 20.2. The number of nitrogens with zero attached hydrogens (tertiary/aromatic N) is 1. The number of hydrogen-bond acceptors (Lipinski definition) is 5. The van der Waals surface area contributed by atoms with Gasteiger partial charge in [0.05, 0.1) is 18.0 Å². The molecule has 2 aliphatic rings. The molecular weight excluding hydrogens is 404 g/mol. The lowest BCUT2D eigenvalue weighted by atomic mass is 9.92. The van der Waals surface area contributed by atoms with E-state index >= 15 is 0 Å². The van der Waals surface area contributed by atoms with Gasteiger partial charge in [0.1, 0.15) is 10.5 Å². The van der Waals surface area contributed by atoms with Crippen LogP contribution in [0.3, 0.4) is 0 Å². The summed E-state index contributed by atoms with van der Waals surface area (Å²) in [5.74, 6) is 0.847. The molecule has 7 heteroatoms. The maximum Gasteiger partial charge on any atom is 0.235 e. The van der Waals surface area contributed by atoms with Crippen LogP contribution in [-0.2, 0) is 28.9 Å². The topological polar surface area (TPSA) is 58.6 Å². The molecule has 0 saturated carbocycles. The van der Waals surface area contributed by atoms with Gasteiger partial charge in [-0.1, -0.05) is 36.4 Å². The molecule has 4 rings (SSSR count). The van der Waals surface area contributed by atoms with Gasteiger partial charge in [-0.2, -0.15) is 0 Å². The third kappa shape index (κ3) is 4.26. The predicted molar refractivity (Wildman–Crippen MR) is 120 cm³/mol. The average Bonchev–Trinajstić information content (AvgIpc) is 3.04. The standard InChI is InChI=1S/C22H24N2O3S2/c1-27-17-9-7-15(13-18-21(26)23-22(28)29-18)16-8-10-19(25)24(20(16)17)12-11-14-5-3-2-4-6-14/h2-7,9,18,22,28H,8,10-13H2,1H3,(H,23,26). The van der Waals surface area contributed by atoms with Gasteiger partial charge in [0.2, 0.25) is 11.8 Å². The van der Waals surface area contributed by atoms with Gasteiger partial charge in [-0.15, -0.1) is 24.4 Å². The van der Waals surface area contributed by atoms with Crippen molar-refractivity contribution in [3.63, 3.8) is 0 Å². The van der Waals surface area contributed by atoms with Gasteiger partial charge in [0.15, 0.2) is 0 Å². The molecule has 2 amide bonds. The number of anilines is 1. The van der Waals surface area contributed by atoms with E-state index in [-0.39, 0.29) is 21.8 Å². The first-order valence-electron chi connectivity index (χ1n) is 9.73. The lowest BCUT2D eigenvalue weighted by Crippen LogP contribution is -2.37. The van der Waals surface area contributed by atoms with Crippen molar-refractivity contribution in [3.8, 4) is 5.75 Å². The van der Waals surface area contributed by atoms with E-state index in [1.807, 2.05) is 35.2 Å². The normalized spacial score (nSPS) is 21.1. The Labute approximate surface area is 180 Å². The Balaban J connectivity index is 1.64. The summed E-state index contributed by atoms with van der Waals surface area (Å²) in [7, 11) is 1.63. The third-order valence-electron chi connectivity index (χ3n) is 5.45. The maximum atomic E-state index is 12.8. The highest BCUT2D eigenvalue weighted by atomic mass is 32.2. The van der Waals surface area contributed by atoms with E-state index in [1.54, 1.807) is 7.11 Å². The molecule has 5 nitrogen and oxygen atoms in total. The SMILES string of the molecule is COc1ccc(CC2SC(S)NC2=O)c2c1N(CCc1ccccc1)C(=O)CC2. The summed E-state index contributed by atoms with van der Waals surface area (Å²) >= 11 is 5.88. The fraction of sp³-hybridized carbons (Fsp3) is 0.364. The van der Waals surface area contributed by atoms with E-state index in [1.165, 1.54) is 17.3 Å². The van der Waals surface area contributed by atoms with Gasteiger partial charge in [0.25, 0.3) is 0 Å². The molecule has 2 unspecified atom stereocenters. The van der Waals surface area contributed by atoms with Crippen molar-refractivity contribution >= 4 is 41.9 Å². The highest BCUT2D eigenvalue weighted by Gasteiger charge is 2.34. The number of thioether (sulfide) groups is 1. The van der Waals surface area contributed by atoms with E-state index in [0.29, 0.717) is 31.6 Å². The molecule has 2 aromatic carbocycles. The van der Waals surface area contributed by atoms with Crippen LogP contribution in [0.25, 0.3) is 0 Å². The van der Waals surface area contributed by atoms with Gasteiger partial charge in [0, 0.05) is 13.0 Å². The molecule has 2 atom stereocenters. The molecule has 0 bridgehead atoms. The predicted octanol–water partition coefficient (Wildman–Crippen LogP) is 3.20. The summed E-state index contributed by atoms with van der Waals surface area (Å²) in [6.45, 7) is 0.604. The number of carbonyl (C=O) groups is 2. The molecule has 0 spiro atoms. The zero-order valence-corrected chi connectivity index (χ0v) is 18.0. The van der Waals surface area contributed by atoms with Gasteiger partial charge < -0.3 is 15.0 Å². The smallest absolute Gasteiger partial charge is 0.235 e. The number of thiol groups is 1. The summed E-state index contributed by atoms with van der Waals surface area (Å²) in [6.07, 6.45) is 2.55. The second kappa shape index (κ2) is 8.71. The highest BCUT2D eigenvalue weighted by Crippen LogP contribution is 2.40. The van der Waals surface area contributed by atoms with Crippen molar-refractivity contribution < 1.29 is 14.3 Å². The van der Waals surface area contributed by atoms with Crippen molar-refractivity contribution in [1.82, 2.24) is 5.32 Å². The largest absolute Gasteiger partial charge is 0.495 e. The van der Waals surface area contributed by atoms with Crippen LogP contribution in [0.5, 0.6) is 5.75 Å². The number of methoxy groups -OCH3 is 1. The zero-order valence-electron chi connectivity index (χ0n) is 16.3. The fourth-order valence-corrected chi connectivity index (χ4v) is 5.54. The van der Waals surface area contributed by atoms with Crippen LogP contribution in [0.1, 0.15) is 23.1 Å². The summed E-state index contributed by atoms with van der Waals surface area (Å²) in [6, 6.07) is 14.1. The molecule has 2 heterocycles. The van der Waals surface area contributed by atoms with E-state index < -0.39 is 0 Å². The number of benzene rings is 2. The van der Waals surface area contributed by atoms with Gasteiger partial charge in [-0.25, -0.2) is 0 Å². The molecule has 29 heavy (non-hydrogen) atoms. The van der Waals surface area contributed by atoms with Crippen molar-refractivity contribution in [2.24, 2.45) is 0 Å². The lowest BCUT2D eigenvalue weighted by Gasteiger charge is -2.32. The first-order chi connectivity index (χ1) is 14.1. The molecule has 2 aromatic rings. The highest BCUT2D eigenvalue weighted by molar-refractivity contribution is 8.11. The maximum absolute atomic E-state index is 12.8. The summed E-state index contributed by atoms with van der Waals surface area (Å²) in [4.78, 5) is 26.8. The summed E-state index contributed by atoms with van der Waals surface area (Å²) in [5.41, 5.74) is 4.28. The Kier molecular flexibility index (Phi) is 6.06. The van der Waals surface area contributed by atoms with E-state index in [9.17, 15) is 9.59 Å². The van der Waals surface area contributed by atoms with Crippen LogP contribution >= 0.6 is 24.4 Å². The molecule has 152 valence electrons. The van der Waals surface area contributed by atoms with E-state index in [4.69, 9.17) is 4.74 Å². The van der Waals surface area contributed by atoms with Gasteiger partial charge >= 0.3 is 0 Å². The minimum absolute atomic E-state index is 0.0207. The van der Waals surface area contributed by atoms with Crippen molar-refractivity contribution in [3.05, 3.63) is 59.2 Å². The lowest BCUT2D eigenvalue weighted by molar-refractivity contribution is -0.120. The van der Waals surface area contributed by atoms with Crippen LogP contribution in [0.15, 0.2) is 42.5 Å². The Morgan fingerprint density at radius 1 is 1.17 bits per heavy atom. The van der Waals surface area contributed by atoms with Crippen molar-refractivity contribution in [1.29, 1.82) is 0 Å². The zero-order chi connectivity index (χ0) is 20.4. The monoisotopic (exact) mass is 428 g/mol. The Hall–Kier alpha value is -2.12. The number of rotatable bonds is 6. The number of ether oxygens (including phenoxy) is 1. The minimum atomic E-state index is -0.162. The Bertz CT molecular complexity index is 920. The number of fused-ring (bicyclic) bond motifs is 1. The Morgan fingerprint density at radius 2 is 1.97 bits per heavy atom. The van der Waals surface area contributed by atoms with Crippen LogP contribution < -0.4 is 15.0 Å². The fourth-order valence-electron chi connectivity index (χ4n) is 4.01. The van der Waals surface area contributed by atoms with Gasteiger partial charge in [-0.3, -0.25) is 9.59 Å². The van der Waals surface area contributed by atoms with Crippen molar-refractivity contribution in [2.45, 2.75) is 35.6 Å². The molecule has 0 radical (unpaired) electrons. The van der Waals surface area contributed by atoms with E-state index in [2.05, 4.69) is 30.1 Å². The number of carbonyl (C=O) groups excluding carboxylic acids is 2. The molecule has 1 N–H and O–H groups in total. The average molecular weight is 429 g/mol. The number of nitrogens with one attached hydrogen (secondary N) is 1. The molecular formula is C22H24N2O3S2. The molecule has 0 aromatic heterocycles. The summed E-state index contributed by atoms with van der Waals surface area (Å²) < 4.78 is 5.45. The van der Waals surface area contributed by atoms with Crippen LogP contribution in [-0.4, -0.2) is 35.4 Å². The van der Waals surface area contributed by atoms with Crippen LogP contribution in [0, 0.1) is 0 Å². The van der Waals surface area contributed by atoms with E-state index in [0.717, 1.165) is 23.2 Å². The van der Waals surface area contributed by atoms with Crippen molar-refractivity contribution in [2.75, 3.05) is 18.6 Å². The number of hydrogen-bond donors (Lipinski definition) is 2. The number of amides is 2. The second-order valence-corrected chi connectivity index (χ2v) is 9.40. The van der Waals surface area contributed by atoms with Gasteiger partial charge in [-0.05, 0) is 42.0 Å². The Morgan fingerprint density at radius 3 is 2.66 bits per heavy atom. The third-order valence-corrected chi connectivity index (χ3v) is 7.03.